The summed E-state index contributed by atoms with van der Waals surface area (Å²) >= 11 is 0. The first kappa shape index (κ1) is 22.8. The van der Waals surface area contributed by atoms with Gasteiger partial charge in [-0.25, -0.2) is 0 Å². The summed E-state index contributed by atoms with van der Waals surface area (Å²) in [5.41, 5.74) is 5.24. The Morgan fingerprint density at radius 2 is 1.61 bits per heavy atom. The van der Waals surface area contributed by atoms with Crippen LogP contribution in [0.1, 0.15) is 28.7 Å². The second kappa shape index (κ2) is 10.4. The summed E-state index contributed by atoms with van der Waals surface area (Å²) in [5, 5.41) is 3.03. The van der Waals surface area contributed by atoms with Crippen LogP contribution in [0.15, 0.2) is 36.4 Å². The Morgan fingerprint density at radius 3 is 2.29 bits per heavy atom. The number of carbonyl (C=O) groups is 2. The molecule has 1 fully saturated rings. The molecule has 0 bridgehead atoms. The molecule has 2 aromatic carbocycles. The van der Waals surface area contributed by atoms with Crippen LogP contribution in [-0.4, -0.2) is 60.9 Å². The fraction of sp³-hybridized carbons (Fsp3) is 0.440. The maximum atomic E-state index is 12.5. The molecule has 6 nitrogen and oxygen atoms in total. The molecule has 2 aromatic rings. The highest BCUT2D eigenvalue weighted by Crippen LogP contribution is 2.20. The molecular weight excluding hydrogens is 390 g/mol. The van der Waals surface area contributed by atoms with Crippen molar-refractivity contribution in [2.75, 3.05) is 44.6 Å². The molecule has 1 aliphatic rings. The molecule has 3 rings (SSSR count). The van der Waals surface area contributed by atoms with Gasteiger partial charge in [-0.3, -0.25) is 14.5 Å². The molecule has 166 valence electrons. The van der Waals surface area contributed by atoms with Crippen molar-refractivity contribution in [2.45, 2.75) is 34.1 Å². The van der Waals surface area contributed by atoms with Crippen molar-refractivity contribution in [2.24, 2.45) is 0 Å². The van der Waals surface area contributed by atoms with E-state index in [1.807, 2.05) is 62.9 Å². The van der Waals surface area contributed by atoms with Crippen molar-refractivity contribution in [1.82, 2.24) is 9.80 Å². The summed E-state index contributed by atoms with van der Waals surface area (Å²) < 4.78 is 5.82. The molecule has 0 atom stereocenters. The molecule has 1 N–H and O–H groups in total. The number of rotatable bonds is 7. The standard InChI is InChI=1S/C25H33N3O3/c1-18-8-9-19(2)22(16-18)31-15-10-24(30)28-13-11-27(12-14-28)17-23(29)26-25-20(3)6-5-7-21(25)4/h5-9,16H,10-15,17H2,1-4H3,(H,26,29). The molecule has 1 saturated heterocycles. The van der Waals surface area contributed by atoms with Gasteiger partial charge in [0.25, 0.3) is 0 Å². The van der Waals surface area contributed by atoms with E-state index in [2.05, 4.69) is 16.3 Å². The zero-order chi connectivity index (χ0) is 22.4. The Labute approximate surface area is 185 Å². The van der Waals surface area contributed by atoms with E-state index in [-0.39, 0.29) is 11.8 Å². The van der Waals surface area contributed by atoms with E-state index in [4.69, 9.17) is 4.74 Å². The third-order valence-corrected chi connectivity index (χ3v) is 5.75. The number of hydrogen-bond donors (Lipinski definition) is 1. The lowest BCUT2D eigenvalue weighted by Crippen LogP contribution is -2.50. The monoisotopic (exact) mass is 423 g/mol. The first-order chi connectivity index (χ1) is 14.8. The Kier molecular flexibility index (Phi) is 7.69. The van der Waals surface area contributed by atoms with Crippen LogP contribution in [0.2, 0.25) is 0 Å². The van der Waals surface area contributed by atoms with Gasteiger partial charge < -0.3 is 15.0 Å². The van der Waals surface area contributed by atoms with Gasteiger partial charge in [0.2, 0.25) is 11.8 Å². The van der Waals surface area contributed by atoms with Crippen LogP contribution in [0.5, 0.6) is 5.75 Å². The van der Waals surface area contributed by atoms with Gasteiger partial charge in [0.05, 0.1) is 19.6 Å². The average molecular weight is 424 g/mol. The minimum Gasteiger partial charge on any atom is -0.493 e. The molecule has 0 radical (unpaired) electrons. The second-order valence-electron chi connectivity index (χ2n) is 8.34. The van der Waals surface area contributed by atoms with E-state index < -0.39 is 0 Å². The quantitative estimate of drug-likeness (QED) is 0.741. The molecule has 1 heterocycles. The maximum absolute atomic E-state index is 12.5. The van der Waals surface area contributed by atoms with E-state index in [1.165, 1.54) is 0 Å². The van der Waals surface area contributed by atoms with Crippen LogP contribution >= 0.6 is 0 Å². The molecule has 0 aliphatic carbocycles. The van der Waals surface area contributed by atoms with Crippen LogP contribution in [0.3, 0.4) is 0 Å². The second-order valence-corrected chi connectivity index (χ2v) is 8.34. The topological polar surface area (TPSA) is 61.9 Å². The van der Waals surface area contributed by atoms with Gasteiger partial charge in [-0.2, -0.15) is 0 Å². The van der Waals surface area contributed by atoms with Crippen molar-refractivity contribution < 1.29 is 14.3 Å². The SMILES string of the molecule is Cc1ccc(C)c(OCCC(=O)N2CCN(CC(=O)Nc3c(C)cccc3C)CC2)c1. The largest absolute Gasteiger partial charge is 0.493 e. The number of amides is 2. The number of nitrogens with one attached hydrogen (secondary N) is 1. The fourth-order valence-electron chi connectivity index (χ4n) is 3.82. The van der Waals surface area contributed by atoms with E-state index in [1.54, 1.807) is 0 Å². The number of hydrogen-bond acceptors (Lipinski definition) is 4. The highest BCUT2D eigenvalue weighted by atomic mass is 16.5. The molecule has 2 amide bonds. The van der Waals surface area contributed by atoms with E-state index in [9.17, 15) is 9.59 Å². The number of ether oxygens (including phenoxy) is 1. The maximum Gasteiger partial charge on any atom is 0.238 e. The Hall–Kier alpha value is -2.86. The highest BCUT2D eigenvalue weighted by Gasteiger charge is 2.22. The molecule has 1 aliphatic heterocycles. The summed E-state index contributed by atoms with van der Waals surface area (Å²) in [6, 6.07) is 12.1. The minimum absolute atomic E-state index is 0.0147. The number of benzene rings is 2. The lowest BCUT2D eigenvalue weighted by Gasteiger charge is -2.34. The highest BCUT2D eigenvalue weighted by molar-refractivity contribution is 5.93. The van der Waals surface area contributed by atoms with Crippen molar-refractivity contribution in [3.05, 3.63) is 58.7 Å². The van der Waals surface area contributed by atoms with Crippen LogP contribution in [0.4, 0.5) is 5.69 Å². The molecule has 6 heteroatoms. The Morgan fingerprint density at radius 1 is 0.935 bits per heavy atom. The normalized spacial score (nSPS) is 14.4. The van der Waals surface area contributed by atoms with Crippen molar-refractivity contribution >= 4 is 17.5 Å². The predicted octanol–water partition coefficient (Wildman–Crippen LogP) is 3.47. The Bertz CT molecular complexity index is 913. The molecule has 0 unspecified atom stereocenters. The summed E-state index contributed by atoms with van der Waals surface area (Å²) in [6.45, 7) is 11.4. The number of piperazine rings is 1. The van der Waals surface area contributed by atoms with Gasteiger partial charge in [0.1, 0.15) is 5.75 Å². The van der Waals surface area contributed by atoms with Gasteiger partial charge in [-0.1, -0.05) is 30.3 Å². The average Bonchev–Trinajstić information content (AvgIpc) is 2.74. The molecule has 0 spiro atoms. The molecule has 0 aromatic heterocycles. The number of nitrogens with zero attached hydrogens (tertiary/aromatic N) is 2. The minimum atomic E-state index is -0.0147. The lowest BCUT2D eigenvalue weighted by molar-refractivity contribution is -0.133. The first-order valence-corrected chi connectivity index (χ1v) is 10.9. The van der Waals surface area contributed by atoms with Crippen molar-refractivity contribution in [1.29, 1.82) is 0 Å². The van der Waals surface area contributed by atoms with Gasteiger partial charge in [-0.05, 0) is 56.0 Å². The lowest BCUT2D eigenvalue weighted by atomic mass is 10.1. The van der Waals surface area contributed by atoms with Gasteiger partial charge in [0.15, 0.2) is 0 Å². The summed E-state index contributed by atoms with van der Waals surface area (Å²) in [7, 11) is 0. The summed E-state index contributed by atoms with van der Waals surface area (Å²) in [4.78, 5) is 29.0. The van der Waals surface area contributed by atoms with Crippen molar-refractivity contribution in [3.63, 3.8) is 0 Å². The Balaban J connectivity index is 1.40. The molecular formula is C25H33N3O3. The number of aryl methyl sites for hydroxylation is 4. The summed E-state index contributed by atoms with van der Waals surface area (Å²) in [5.74, 6) is 0.927. The van der Waals surface area contributed by atoms with Crippen LogP contribution < -0.4 is 10.1 Å². The number of anilines is 1. The van der Waals surface area contributed by atoms with Gasteiger partial charge >= 0.3 is 0 Å². The smallest absolute Gasteiger partial charge is 0.238 e. The molecule has 31 heavy (non-hydrogen) atoms. The third kappa shape index (κ3) is 6.31. The van der Waals surface area contributed by atoms with E-state index in [0.29, 0.717) is 45.8 Å². The number of carbonyl (C=O) groups excluding carboxylic acids is 2. The number of para-hydroxylation sites is 1. The van der Waals surface area contributed by atoms with Gasteiger partial charge in [-0.15, -0.1) is 0 Å². The first-order valence-electron chi connectivity index (χ1n) is 10.9. The summed E-state index contributed by atoms with van der Waals surface area (Å²) in [6.07, 6.45) is 0.362. The zero-order valence-corrected chi connectivity index (χ0v) is 19.0. The zero-order valence-electron chi connectivity index (χ0n) is 19.0. The van der Waals surface area contributed by atoms with Crippen molar-refractivity contribution in [3.8, 4) is 5.75 Å². The van der Waals surface area contributed by atoms with Gasteiger partial charge in [0, 0.05) is 31.9 Å². The van der Waals surface area contributed by atoms with E-state index >= 15 is 0 Å². The van der Waals surface area contributed by atoms with Crippen LogP contribution in [0.25, 0.3) is 0 Å². The third-order valence-electron chi connectivity index (χ3n) is 5.75. The molecule has 0 saturated carbocycles. The van der Waals surface area contributed by atoms with E-state index in [0.717, 1.165) is 33.7 Å². The van der Waals surface area contributed by atoms with Crippen LogP contribution in [-0.2, 0) is 9.59 Å². The fourth-order valence-corrected chi connectivity index (χ4v) is 3.82. The predicted molar refractivity (Wildman–Crippen MR) is 124 cm³/mol. The van der Waals surface area contributed by atoms with Crippen LogP contribution in [0, 0.1) is 27.7 Å².